The van der Waals surface area contributed by atoms with Crippen LogP contribution in [-0.4, -0.2) is 6.04 Å². The second-order valence-corrected chi connectivity index (χ2v) is 3.75. The van der Waals surface area contributed by atoms with Gasteiger partial charge in [-0.25, -0.2) is 0 Å². The number of rotatable bonds is 2. The summed E-state index contributed by atoms with van der Waals surface area (Å²) in [5.41, 5.74) is 10.3. The molecule has 72 valence electrons. The molecule has 0 saturated heterocycles. The van der Waals surface area contributed by atoms with E-state index >= 15 is 0 Å². The molecule has 0 aliphatic rings. The van der Waals surface area contributed by atoms with Crippen LogP contribution in [0.2, 0.25) is 0 Å². The van der Waals surface area contributed by atoms with E-state index in [0.29, 0.717) is 6.04 Å². The summed E-state index contributed by atoms with van der Waals surface area (Å²) in [7, 11) is 0. The predicted molar refractivity (Wildman–Crippen MR) is 59.1 cm³/mol. The molecule has 1 rings (SSSR count). The summed E-state index contributed by atoms with van der Waals surface area (Å²) in [6.07, 6.45) is 0. The molecule has 0 saturated carbocycles. The van der Waals surface area contributed by atoms with Gasteiger partial charge in [-0.15, -0.1) is 0 Å². The number of nitrogens with one attached hydrogen (secondary N) is 1. The molecule has 0 atom stereocenters. The standard InChI is InChI=1S/C11H18N2/c1-7(2)13-11-6-5-10(12)8(3)9(11)4/h5-7,13H,12H2,1-4H3. The highest BCUT2D eigenvalue weighted by Gasteiger charge is 2.04. The van der Waals surface area contributed by atoms with Gasteiger partial charge in [-0.05, 0) is 51.0 Å². The van der Waals surface area contributed by atoms with Crippen molar-refractivity contribution in [1.82, 2.24) is 0 Å². The summed E-state index contributed by atoms with van der Waals surface area (Å²) in [5.74, 6) is 0. The molecule has 0 spiro atoms. The van der Waals surface area contributed by atoms with E-state index in [1.54, 1.807) is 0 Å². The molecule has 0 aliphatic heterocycles. The zero-order valence-electron chi connectivity index (χ0n) is 8.81. The van der Waals surface area contributed by atoms with Gasteiger partial charge in [0.1, 0.15) is 0 Å². The lowest BCUT2D eigenvalue weighted by atomic mass is 10.1. The van der Waals surface area contributed by atoms with E-state index in [-0.39, 0.29) is 0 Å². The Hall–Kier alpha value is -1.18. The maximum Gasteiger partial charge on any atom is 0.0376 e. The average Bonchev–Trinajstić information content (AvgIpc) is 2.06. The van der Waals surface area contributed by atoms with Crippen LogP contribution in [0.1, 0.15) is 25.0 Å². The molecule has 0 fully saturated rings. The van der Waals surface area contributed by atoms with Crippen molar-refractivity contribution in [3.05, 3.63) is 23.3 Å². The fraction of sp³-hybridized carbons (Fsp3) is 0.455. The molecule has 0 aliphatic carbocycles. The second-order valence-electron chi connectivity index (χ2n) is 3.75. The van der Waals surface area contributed by atoms with E-state index in [9.17, 15) is 0 Å². The minimum Gasteiger partial charge on any atom is -0.399 e. The summed E-state index contributed by atoms with van der Waals surface area (Å²) in [6, 6.07) is 4.45. The molecule has 1 aromatic carbocycles. The van der Waals surface area contributed by atoms with Crippen LogP contribution in [0.3, 0.4) is 0 Å². The van der Waals surface area contributed by atoms with Crippen LogP contribution in [-0.2, 0) is 0 Å². The maximum absolute atomic E-state index is 5.79. The molecule has 0 heterocycles. The van der Waals surface area contributed by atoms with Gasteiger partial charge < -0.3 is 11.1 Å². The SMILES string of the molecule is Cc1c(N)ccc(NC(C)C)c1C. The third-order valence-electron chi connectivity index (χ3n) is 2.27. The van der Waals surface area contributed by atoms with Crippen LogP contribution in [0.25, 0.3) is 0 Å². The summed E-state index contributed by atoms with van der Waals surface area (Å²) in [5, 5.41) is 3.39. The fourth-order valence-corrected chi connectivity index (χ4v) is 1.31. The first kappa shape index (κ1) is 9.90. The van der Waals surface area contributed by atoms with Gasteiger partial charge in [0.2, 0.25) is 0 Å². The van der Waals surface area contributed by atoms with Crippen LogP contribution >= 0.6 is 0 Å². The highest BCUT2D eigenvalue weighted by atomic mass is 14.9. The molecule has 0 radical (unpaired) electrons. The Labute approximate surface area is 80.1 Å². The van der Waals surface area contributed by atoms with E-state index in [1.807, 2.05) is 12.1 Å². The summed E-state index contributed by atoms with van der Waals surface area (Å²) < 4.78 is 0. The number of hydrogen-bond acceptors (Lipinski definition) is 2. The van der Waals surface area contributed by atoms with Crippen molar-refractivity contribution in [3.8, 4) is 0 Å². The van der Waals surface area contributed by atoms with Crippen molar-refractivity contribution in [1.29, 1.82) is 0 Å². The van der Waals surface area contributed by atoms with E-state index in [1.165, 1.54) is 16.8 Å². The Morgan fingerprint density at radius 1 is 1.15 bits per heavy atom. The van der Waals surface area contributed by atoms with Crippen LogP contribution < -0.4 is 11.1 Å². The summed E-state index contributed by atoms with van der Waals surface area (Å²) in [6.45, 7) is 8.41. The molecule has 3 N–H and O–H groups in total. The number of benzene rings is 1. The number of anilines is 2. The van der Waals surface area contributed by atoms with Gasteiger partial charge in [-0.3, -0.25) is 0 Å². The average molecular weight is 178 g/mol. The molecule has 1 aromatic rings. The molecular formula is C11H18N2. The fourth-order valence-electron chi connectivity index (χ4n) is 1.31. The largest absolute Gasteiger partial charge is 0.399 e. The van der Waals surface area contributed by atoms with Gasteiger partial charge in [0, 0.05) is 17.4 Å². The lowest BCUT2D eigenvalue weighted by molar-refractivity contribution is 0.897. The summed E-state index contributed by atoms with van der Waals surface area (Å²) in [4.78, 5) is 0. The zero-order valence-corrected chi connectivity index (χ0v) is 8.81. The quantitative estimate of drug-likeness (QED) is 0.683. The predicted octanol–water partition coefficient (Wildman–Crippen LogP) is 2.71. The van der Waals surface area contributed by atoms with Crippen LogP contribution in [0.5, 0.6) is 0 Å². The van der Waals surface area contributed by atoms with Crippen molar-refractivity contribution in [2.45, 2.75) is 33.7 Å². The minimum absolute atomic E-state index is 0.460. The lowest BCUT2D eigenvalue weighted by Gasteiger charge is -2.15. The van der Waals surface area contributed by atoms with E-state index in [0.717, 1.165) is 5.69 Å². The van der Waals surface area contributed by atoms with Gasteiger partial charge in [0.15, 0.2) is 0 Å². The highest BCUT2D eigenvalue weighted by molar-refractivity contribution is 5.63. The molecule has 2 nitrogen and oxygen atoms in total. The molecule has 0 unspecified atom stereocenters. The van der Waals surface area contributed by atoms with E-state index in [4.69, 9.17) is 5.73 Å². The highest BCUT2D eigenvalue weighted by Crippen LogP contribution is 2.23. The Morgan fingerprint density at radius 3 is 2.31 bits per heavy atom. The monoisotopic (exact) mass is 178 g/mol. The minimum atomic E-state index is 0.460. The Bertz CT molecular complexity index is 303. The first-order valence-electron chi connectivity index (χ1n) is 4.64. The van der Waals surface area contributed by atoms with E-state index in [2.05, 4.69) is 33.0 Å². The molecule has 0 aromatic heterocycles. The van der Waals surface area contributed by atoms with Gasteiger partial charge in [0.05, 0.1) is 0 Å². The Kier molecular flexibility index (Phi) is 2.81. The lowest BCUT2D eigenvalue weighted by Crippen LogP contribution is -2.11. The van der Waals surface area contributed by atoms with Crippen molar-refractivity contribution >= 4 is 11.4 Å². The normalized spacial score (nSPS) is 10.5. The molecule has 13 heavy (non-hydrogen) atoms. The van der Waals surface area contributed by atoms with Crippen LogP contribution in [0.4, 0.5) is 11.4 Å². The number of nitrogen functional groups attached to an aromatic ring is 1. The Balaban J connectivity index is 3.04. The smallest absolute Gasteiger partial charge is 0.0376 e. The zero-order chi connectivity index (χ0) is 10.0. The van der Waals surface area contributed by atoms with Crippen molar-refractivity contribution < 1.29 is 0 Å². The number of nitrogens with two attached hydrogens (primary N) is 1. The Morgan fingerprint density at radius 2 is 1.77 bits per heavy atom. The second kappa shape index (κ2) is 3.69. The third-order valence-corrected chi connectivity index (χ3v) is 2.27. The van der Waals surface area contributed by atoms with Crippen molar-refractivity contribution in [3.63, 3.8) is 0 Å². The van der Waals surface area contributed by atoms with Crippen molar-refractivity contribution in [2.24, 2.45) is 0 Å². The third kappa shape index (κ3) is 2.14. The molecule has 0 bridgehead atoms. The first-order valence-corrected chi connectivity index (χ1v) is 4.64. The number of hydrogen-bond donors (Lipinski definition) is 2. The van der Waals surface area contributed by atoms with Gasteiger partial charge in [-0.2, -0.15) is 0 Å². The molecule has 0 amide bonds. The van der Waals surface area contributed by atoms with Crippen molar-refractivity contribution in [2.75, 3.05) is 11.1 Å². The maximum atomic E-state index is 5.79. The summed E-state index contributed by atoms with van der Waals surface area (Å²) >= 11 is 0. The van der Waals surface area contributed by atoms with Gasteiger partial charge in [0.25, 0.3) is 0 Å². The first-order chi connectivity index (χ1) is 6.02. The molecule has 2 heteroatoms. The topological polar surface area (TPSA) is 38.0 Å². The molecular weight excluding hydrogens is 160 g/mol. The van der Waals surface area contributed by atoms with Crippen LogP contribution in [0.15, 0.2) is 12.1 Å². The van der Waals surface area contributed by atoms with Gasteiger partial charge in [-0.1, -0.05) is 0 Å². The van der Waals surface area contributed by atoms with E-state index < -0.39 is 0 Å². The van der Waals surface area contributed by atoms with Crippen LogP contribution in [0, 0.1) is 13.8 Å². The van der Waals surface area contributed by atoms with Gasteiger partial charge >= 0.3 is 0 Å².